The van der Waals surface area contributed by atoms with Crippen molar-refractivity contribution in [3.63, 3.8) is 0 Å². The second-order valence-corrected chi connectivity index (χ2v) is 5.44. The van der Waals surface area contributed by atoms with Crippen molar-refractivity contribution in [2.75, 3.05) is 6.54 Å². The molecule has 0 saturated heterocycles. The van der Waals surface area contributed by atoms with Gasteiger partial charge < -0.3 is 5.11 Å². The van der Waals surface area contributed by atoms with Crippen LogP contribution >= 0.6 is 0 Å². The monoisotopic (exact) mass is 257 g/mol. The lowest BCUT2D eigenvalue weighted by molar-refractivity contribution is 0.124. The first-order chi connectivity index (χ1) is 8.81. The maximum absolute atomic E-state index is 9.74. The summed E-state index contributed by atoms with van der Waals surface area (Å²) < 4.78 is 0. The smallest absolute Gasteiger partial charge is 0.104 e. The summed E-state index contributed by atoms with van der Waals surface area (Å²) >= 11 is 0. The van der Waals surface area contributed by atoms with Gasteiger partial charge in [0.2, 0.25) is 0 Å². The van der Waals surface area contributed by atoms with E-state index < -0.39 is 0 Å². The molecule has 0 aromatic carbocycles. The molecule has 2 nitrogen and oxygen atoms in total. The van der Waals surface area contributed by atoms with Crippen LogP contribution in [-0.2, 0) is 0 Å². The van der Waals surface area contributed by atoms with Gasteiger partial charge in [-0.25, -0.2) is 0 Å². The van der Waals surface area contributed by atoms with Crippen LogP contribution in [0.25, 0.3) is 0 Å². The predicted molar refractivity (Wildman–Crippen MR) is 80.8 cm³/mol. The van der Waals surface area contributed by atoms with E-state index in [4.69, 9.17) is 0 Å². The molecule has 1 unspecified atom stereocenters. The normalized spacial score (nSPS) is 12.8. The van der Waals surface area contributed by atoms with E-state index in [0.29, 0.717) is 0 Å². The summed E-state index contributed by atoms with van der Waals surface area (Å²) in [6.45, 7) is 5.46. The molecular weight excluding hydrogens is 222 g/mol. The summed E-state index contributed by atoms with van der Waals surface area (Å²) in [4.78, 5) is 0. The third-order valence-electron chi connectivity index (χ3n) is 3.49. The highest BCUT2D eigenvalue weighted by molar-refractivity contribution is 4.55. The molecule has 0 radical (unpaired) electrons. The van der Waals surface area contributed by atoms with Crippen LogP contribution in [0.4, 0.5) is 0 Å². The molecule has 0 heterocycles. The van der Waals surface area contributed by atoms with Gasteiger partial charge in [0.25, 0.3) is 0 Å². The van der Waals surface area contributed by atoms with Gasteiger partial charge in [-0.1, -0.05) is 71.6 Å². The number of aliphatic hydroxyl groups excluding tert-OH is 1. The third kappa shape index (κ3) is 14.0. The van der Waals surface area contributed by atoms with E-state index in [9.17, 15) is 5.11 Å². The molecule has 2 N–H and O–H groups in total. The lowest BCUT2D eigenvalue weighted by atomic mass is 10.1. The standard InChI is InChI=1S/C16H35NO/c1-3-5-7-9-11-13-15-17-16(18)14-12-10-8-6-4-2/h16-18H,3-15H2,1-2H3. The Morgan fingerprint density at radius 3 is 1.83 bits per heavy atom. The molecule has 1 atom stereocenters. The van der Waals surface area contributed by atoms with Gasteiger partial charge in [0.15, 0.2) is 0 Å². The van der Waals surface area contributed by atoms with Gasteiger partial charge in [-0.15, -0.1) is 0 Å². The van der Waals surface area contributed by atoms with E-state index >= 15 is 0 Å². The third-order valence-corrected chi connectivity index (χ3v) is 3.49. The number of rotatable bonds is 14. The van der Waals surface area contributed by atoms with Gasteiger partial charge in [0.05, 0.1) is 0 Å². The maximum atomic E-state index is 9.74. The van der Waals surface area contributed by atoms with E-state index in [1.54, 1.807) is 0 Å². The Morgan fingerprint density at radius 1 is 0.722 bits per heavy atom. The zero-order chi connectivity index (χ0) is 13.5. The highest BCUT2D eigenvalue weighted by Crippen LogP contribution is 2.07. The SMILES string of the molecule is CCCCCCCCNC(O)CCCCCCC. The maximum Gasteiger partial charge on any atom is 0.104 e. The Kier molecular flexibility index (Phi) is 14.9. The number of hydrogen-bond donors (Lipinski definition) is 2. The van der Waals surface area contributed by atoms with Gasteiger partial charge >= 0.3 is 0 Å². The molecule has 0 aliphatic rings. The van der Waals surface area contributed by atoms with Crippen LogP contribution in [0, 0.1) is 0 Å². The quantitative estimate of drug-likeness (QED) is 0.352. The van der Waals surface area contributed by atoms with Gasteiger partial charge in [0, 0.05) is 0 Å². The van der Waals surface area contributed by atoms with E-state index in [1.807, 2.05) is 0 Å². The van der Waals surface area contributed by atoms with Gasteiger partial charge in [0.1, 0.15) is 6.23 Å². The van der Waals surface area contributed by atoms with Crippen molar-refractivity contribution in [2.24, 2.45) is 0 Å². The molecule has 0 aliphatic heterocycles. The lowest BCUT2D eigenvalue weighted by Crippen LogP contribution is -2.29. The van der Waals surface area contributed by atoms with Crippen molar-refractivity contribution in [3.8, 4) is 0 Å². The largest absolute Gasteiger partial charge is 0.379 e. The zero-order valence-electron chi connectivity index (χ0n) is 12.7. The van der Waals surface area contributed by atoms with Crippen LogP contribution < -0.4 is 5.32 Å². The van der Waals surface area contributed by atoms with Crippen molar-refractivity contribution in [2.45, 2.75) is 97.1 Å². The molecule has 18 heavy (non-hydrogen) atoms. The average Bonchev–Trinajstić information content (AvgIpc) is 2.37. The van der Waals surface area contributed by atoms with Crippen LogP contribution in [-0.4, -0.2) is 17.9 Å². The predicted octanol–water partition coefficient (Wildman–Crippen LogP) is 4.62. The summed E-state index contributed by atoms with van der Waals surface area (Å²) in [5.41, 5.74) is 0. The molecule has 0 bridgehead atoms. The molecule has 0 saturated carbocycles. The number of nitrogens with one attached hydrogen (secondary N) is 1. The van der Waals surface area contributed by atoms with Gasteiger partial charge in [-0.2, -0.15) is 0 Å². The number of unbranched alkanes of at least 4 members (excludes halogenated alkanes) is 9. The molecule has 0 rings (SSSR count). The van der Waals surface area contributed by atoms with Crippen LogP contribution in [0.5, 0.6) is 0 Å². The van der Waals surface area contributed by atoms with Crippen molar-refractivity contribution in [1.29, 1.82) is 0 Å². The summed E-state index contributed by atoms with van der Waals surface area (Å²) in [5.74, 6) is 0. The van der Waals surface area contributed by atoms with Crippen molar-refractivity contribution >= 4 is 0 Å². The zero-order valence-corrected chi connectivity index (χ0v) is 12.7. The average molecular weight is 257 g/mol. The number of hydrogen-bond acceptors (Lipinski definition) is 2. The second-order valence-electron chi connectivity index (χ2n) is 5.44. The molecule has 0 aliphatic carbocycles. The fourth-order valence-electron chi connectivity index (χ4n) is 2.22. The van der Waals surface area contributed by atoms with Gasteiger partial charge in [-0.05, 0) is 25.8 Å². The minimum Gasteiger partial charge on any atom is -0.379 e. The summed E-state index contributed by atoms with van der Waals surface area (Å²) in [6.07, 6.45) is 14.9. The van der Waals surface area contributed by atoms with Gasteiger partial charge in [-0.3, -0.25) is 5.32 Å². The fraction of sp³-hybridized carbons (Fsp3) is 1.00. The molecule has 0 spiro atoms. The summed E-state index contributed by atoms with van der Waals surface area (Å²) in [6, 6.07) is 0. The van der Waals surface area contributed by atoms with E-state index in [0.717, 1.165) is 19.4 Å². The minimum absolute atomic E-state index is 0.276. The van der Waals surface area contributed by atoms with Crippen LogP contribution in [0.1, 0.15) is 90.9 Å². The van der Waals surface area contributed by atoms with Crippen LogP contribution in [0.15, 0.2) is 0 Å². The van der Waals surface area contributed by atoms with Crippen LogP contribution in [0.3, 0.4) is 0 Å². The Morgan fingerprint density at radius 2 is 1.22 bits per heavy atom. The van der Waals surface area contributed by atoms with E-state index in [2.05, 4.69) is 19.2 Å². The fourth-order valence-corrected chi connectivity index (χ4v) is 2.22. The van der Waals surface area contributed by atoms with Crippen LogP contribution in [0.2, 0.25) is 0 Å². The Hall–Kier alpha value is -0.0800. The minimum atomic E-state index is -0.276. The molecule has 110 valence electrons. The van der Waals surface area contributed by atoms with E-state index in [-0.39, 0.29) is 6.23 Å². The molecule has 0 fully saturated rings. The second kappa shape index (κ2) is 15.0. The van der Waals surface area contributed by atoms with E-state index in [1.165, 1.54) is 64.2 Å². The Labute approximate surface area is 115 Å². The molecular formula is C16H35NO. The first-order valence-corrected chi connectivity index (χ1v) is 8.22. The Balaban J connectivity index is 3.09. The highest BCUT2D eigenvalue weighted by Gasteiger charge is 2.01. The Bertz CT molecular complexity index is 150. The molecule has 0 aromatic heterocycles. The lowest BCUT2D eigenvalue weighted by Gasteiger charge is -2.12. The first-order valence-electron chi connectivity index (χ1n) is 8.22. The summed E-state index contributed by atoms with van der Waals surface area (Å²) in [7, 11) is 0. The van der Waals surface area contributed by atoms with Crippen molar-refractivity contribution < 1.29 is 5.11 Å². The van der Waals surface area contributed by atoms with Crippen molar-refractivity contribution in [3.05, 3.63) is 0 Å². The molecule has 0 aromatic rings. The summed E-state index contributed by atoms with van der Waals surface area (Å²) in [5, 5.41) is 13.0. The molecule has 2 heteroatoms. The first kappa shape index (κ1) is 17.9. The topological polar surface area (TPSA) is 32.3 Å². The molecule has 0 amide bonds. The highest BCUT2D eigenvalue weighted by atomic mass is 16.3. The van der Waals surface area contributed by atoms with Crippen molar-refractivity contribution in [1.82, 2.24) is 5.32 Å². The number of aliphatic hydroxyl groups is 1.